The molecule has 0 radical (unpaired) electrons. The van der Waals surface area contributed by atoms with E-state index in [0.717, 1.165) is 22.5 Å². The highest BCUT2D eigenvalue weighted by Crippen LogP contribution is 2.27. The summed E-state index contributed by atoms with van der Waals surface area (Å²) in [7, 11) is 1.69. The van der Waals surface area contributed by atoms with Gasteiger partial charge in [-0.2, -0.15) is 5.26 Å². The Labute approximate surface area is 193 Å². The maximum atomic E-state index is 12.8. The molecule has 8 heteroatoms. The highest BCUT2D eigenvalue weighted by atomic mass is 16.2. The first-order valence-corrected chi connectivity index (χ1v) is 10.6. The quantitative estimate of drug-likeness (QED) is 0.555. The molecule has 170 valence electrons. The zero-order valence-electron chi connectivity index (χ0n) is 19.3. The zero-order valence-corrected chi connectivity index (χ0v) is 19.3. The average Bonchev–Trinajstić information content (AvgIpc) is 2.97. The van der Waals surface area contributed by atoms with Crippen LogP contribution < -0.4 is 10.6 Å². The first-order chi connectivity index (χ1) is 15.8. The number of hydrogen-bond acceptors (Lipinski definition) is 5. The number of likely N-dealkylation sites (N-methyl/N-ethyl adjacent to an activating group) is 1. The minimum Gasteiger partial charge on any atom is -0.326 e. The number of anilines is 2. The zero-order chi connectivity index (χ0) is 24.0. The van der Waals surface area contributed by atoms with Gasteiger partial charge < -0.3 is 15.2 Å². The van der Waals surface area contributed by atoms with Gasteiger partial charge in [-0.3, -0.25) is 14.5 Å². The maximum absolute atomic E-state index is 12.8. The molecule has 0 aliphatic heterocycles. The molecule has 0 aliphatic rings. The van der Waals surface area contributed by atoms with Gasteiger partial charge in [0.15, 0.2) is 0 Å². The maximum Gasteiger partial charge on any atom is 0.239 e. The van der Waals surface area contributed by atoms with Crippen molar-refractivity contribution in [2.75, 3.05) is 30.8 Å². The molecule has 0 bridgehead atoms. The van der Waals surface area contributed by atoms with Crippen LogP contribution in [-0.4, -0.2) is 46.4 Å². The fourth-order valence-corrected chi connectivity index (χ4v) is 3.61. The Kier molecular flexibility index (Phi) is 7.59. The van der Waals surface area contributed by atoms with Gasteiger partial charge in [-0.15, -0.1) is 0 Å². The van der Waals surface area contributed by atoms with Crippen molar-refractivity contribution in [1.29, 1.82) is 5.26 Å². The van der Waals surface area contributed by atoms with Crippen LogP contribution in [0.5, 0.6) is 0 Å². The number of hydrogen-bond donors (Lipinski definition) is 2. The molecule has 8 nitrogen and oxygen atoms in total. The average molecular weight is 445 g/mol. The molecule has 3 rings (SSSR count). The van der Waals surface area contributed by atoms with E-state index in [1.165, 1.54) is 0 Å². The highest BCUT2D eigenvalue weighted by Gasteiger charge is 2.20. The van der Waals surface area contributed by atoms with E-state index in [9.17, 15) is 14.9 Å². The van der Waals surface area contributed by atoms with Crippen molar-refractivity contribution >= 4 is 23.5 Å². The Morgan fingerprint density at radius 2 is 1.67 bits per heavy atom. The fourth-order valence-electron chi connectivity index (χ4n) is 3.61. The first kappa shape index (κ1) is 23.7. The van der Waals surface area contributed by atoms with Crippen molar-refractivity contribution in [2.24, 2.45) is 0 Å². The van der Waals surface area contributed by atoms with E-state index in [-0.39, 0.29) is 24.9 Å². The molecule has 2 heterocycles. The van der Waals surface area contributed by atoms with Gasteiger partial charge in [0.05, 0.1) is 18.7 Å². The molecule has 0 unspecified atom stereocenters. The number of nitriles is 1. The summed E-state index contributed by atoms with van der Waals surface area (Å²) in [5.41, 5.74) is 4.07. The second-order valence-electron chi connectivity index (χ2n) is 8.05. The van der Waals surface area contributed by atoms with E-state index in [4.69, 9.17) is 0 Å². The summed E-state index contributed by atoms with van der Waals surface area (Å²) in [6, 6.07) is 17.5. The molecule has 0 saturated carbocycles. The minimum atomic E-state index is -0.303. The Hall–Kier alpha value is -3.96. The molecule has 3 aromatic rings. The van der Waals surface area contributed by atoms with E-state index < -0.39 is 0 Å². The number of aromatic nitrogens is 2. The van der Waals surface area contributed by atoms with Crippen LogP contribution in [0.25, 0.3) is 0 Å². The summed E-state index contributed by atoms with van der Waals surface area (Å²) in [4.78, 5) is 30.9. The molecular weight excluding hydrogens is 416 g/mol. The Morgan fingerprint density at radius 1 is 1.00 bits per heavy atom. The van der Waals surface area contributed by atoms with Crippen molar-refractivity contribution in [1.82, 2.24) is 14.5 Å². The number of carbonyl (C=O) groups is 2. The molecule has 2 aromatic heterocycles. The molecule has 2 N–H and O–H groups in total. The predicted octanol–water partition coefficient (Wildman–Crippen LogP) is 3.24. The van der Waals surface area contributed by atoms with Crippen molar-refractivity contribution in [3.05, 3.63) is 76.6 Å². The summed E-state index contributed by atoms with van der Waals surface area (Å²) in [6.45, 7) is 6.21. The van der Waals surface area contributed by atoms with Crippen molar-refractivity contribution in [2.45, 2.75) is 27.3 Å². The van der Waals surface area contributed by atoms with Gasteiger partial charge in [0, 0.05) is 17.9 Å². The molecule has 2 amide bonds. The fraction of sp³-hybridized carbons (Fsp3) is 0.280. The molecule has 0 atom stereocenters. The van der Waals surface area contributed by atoms with Gasteiger partial charge in [-0.25, -0.2) is 4.98 Å². The minimum absolute atomic E-state index is 0.00581. The summed E-state index contributed by atoms with van der Waals surface area (Å²) >= 11 is 0. The lowest BCUT2D eigenvalue weighted by molar-refractivity contribution is -0.119. The lowest BCUT2D eigenvalue weighted by Crippen LogP contribution is -2.36. The van der Waals surface area contributed by atoms with Gasteiger partial charge in [0.25, 0.3) is 0 Å². The summed E-state index contributed by atoms with van der Waals surface area (Å²) in [6.07, 6.45) is 0. The number of nitrogens with zero attached hydrogens (tertiary/aromatic N) is 4. The molecule has 0 spiro atoms. The largest absolute Gasteiger partial charge is 0.326 e. The SMILES string of the molecule is Cc1cccc(NC(=O)CN(C)CC(=O)Nc2c(C#N)c(C)c(C)n2Cc2ccccc2)n1. The standard InChI is InChI=1S/C25H28N6O2/c1-17-9-8-12-22(27-17)28-23(32)15-30(4)16-24(33)29-25-21(13-26)18(2)19(3)31(25)14-20-10-6-5-7-11-20/h5-12H,14-16H2,1-4H3,(H,29,33)(H,27,28,32). The topological polar surface area (TPSA) is 103 Å². The lowest BCUT2D eigenvalue weighted by atomic mass is 10.2. The number of carbonyl (C=O) groups excluding carboxylic acids is 2. The molecule has 0 fully saturated rings. The van der Waals surface area contributed by atoms with E-state index in [1.807, 2.05) is 67.8 Å². The van der Waals surface area contributed by atoms with E-state index >= 15 is 0 Å². The monoisotopic (exact) mass is 444 g/mol. The lowest BCUT2D eigenvalue weighted by Gasteiger charge is -2.17. The third-order valence-corrected chi connectivity index (χ3v) is 5.37. The van der Waals surface area contributed by atoms with Crippen molar-refractivity contribution in [3.63, 3.8) is 0 Å². The van der Waals surface area contributed by atoms with Crippen LogP contribution in [0.1, 0.15) is 28.1 Å². The van der Waals surface area contributed by atoms with Crippen LogP contribution in [0, 0.1) is 32.1 Å². The number of aryl methyl sites for hydroxylation is 1. The third kappa shape index (κ3) is 6.05. The number of pyridine rings is 1. The van der Waals surface area contributed by atoms with E-state index in [2.05, 4.69) is 21.7 Å². The summed E-state index contributed by atoms with van der Waals surface area (Å²) in [5.74, 6) is 0.381. The summed E-state index contributed by atoms with van der Waals surface area (Å²) in [5, 5.41) is 15.3. The first-order valence-electron chi connectivity index (χ1n) is 10.6. The van der Waals surface area contributed by atoms with E-state index in [1.54, 1.807) is 18.0 Å². The third-order valence-electron chi connectivity index (χ3n) is 5.37. The Morgan fingerprint density at radius 3 is 2.30 bits per heavy atom. The second-order valence-corrected chi connectivity index (χ2v) is 8.05. The van der Waals surface area contributed by atoms with Gasteiger partial charge in [0.1, 0.15) is 17.7 Å². The molecular formula is C25H28N6O2. The molecule has 0 aliphatic carbocycles. The van der Waals surface area contributed by atoms with Crippen LogP contribution in [-0.2, 0) is 16.1 Å². The smallest absolute Gasteiger partial charge is 0.239 e. The Balaban J connectivity index is 1.67. The van der Waals surface area contributed by atoms with Crippen LogP contribution in [0.3, 0.4) is 0 Å². The normalized spacial score (nSPS) is 10.7. The van der Waals surface area contributed by atoms with Gasteiger partial charge in [-0.1, -0.05) is 36.4 Å². The summed E-state index contributed by atoms with van der Waals surface area (Å²) < 4.78 is 1.94. The van der Waals surface area contributed by atoms with Gasteiger partial charge >= 0.3 is 0 Å². The molecule has 33 heavy (non-hydrogen) atoms. The van der Waals surface area contributed by atoms with Crippen LogP contribution in [0.4, 0.5) is 11.6 Å². The predicted molar refractivity (Wildman–Crippen MR) is 128 cm³/mol. The van der Waals surface area contributed by atoms with Crippen molar-refractivity contribution < 1.29 is 9.59 Å². The van der Waals surface area contributed by atoms with Gasteiger partial charge in [0.2, 0.25) is 11.8 Å². The number of amides is 2. The van der Waals surface area contributed by atoms with E-state index in [0.29, 0.717) is 23.7 Å². The Bertz CT molecular complexity index is 1190. The number of benzene rings is 1. The number of nitrogens with one attached hydrogen (secondary N) is 2. The molecule has 0 saturated heterocycles. The second kappa shape index (κ2) is 10.6. The number of rotatable bonds is 8. The highest BCUT2D eigenvalue weighted by molar-refractivity contribution is 5.95. The van der Waals surface area contributed by atoms with Crippen LogP contribution in [0.15, 0.2) is 48.5 Å². The van der Waals surface area contributed by atoms with Crippen molar-refractivity contribution in [3.8, 4) is 6.07 Å². The van der Waals surface area contributed by atoms with Crippen LogP contribution in [0.2, 0.25) is 0 Å². The molecule has 1 aromatic carbocycles. The van der Waals surface area contributed by atoms with Crippen LogP contribution >= 0.6 is 0 Å². The van der Waals surface area contributed by atoms with Gasteiger partial charge in [-0.05, 0) is 51.1 Å².